The van der Waals surface area contributed by atoms with Crippen LogP contribution in [0, 0.1) is 18.3 Å². The van der Waals surface area contributed by atoms with Crippen molar-refractivity contribution in [2.75, 3.05) is 6.54 Å². The van der Waals surface area contributed by atoms with Crippen molar-refractivity contribution in [1.29, 1.82) is 0 Å². The second-order valence-corrected chi connectivity index (χ2v) is 6.97. The van der Waals surface area contributed by atoms with Crippen LogP contribution in [-0.4, -0.2) is 12.6 Å². The molecule has 0 radical (unpaired) electrons. The molecular formula is C17H25N. The van der Waals surface area contributed by atoms with Gasteiger partial charge in [0.15, 0.2) is 0 Å². The van der Waals surface area contributed by atoms with Gasteiger partial charge in [0, 0.05) is 11.5 Å². The molecule has 2 aliphatic rings. The predicted molar refractivity (Wildman–Crippen MR) is 76.8 cm³/mol. The first-order chi connectivity index (χ1) is 8.48. The van der Waals surface area contributed by atoms with Crippen LogP contribution < -0.4 is 5.32 Å². The molecule has 3 rings (SSSR count). The first-order valence-corrected chi connectivity index (χ1v) is 7.27. The van der Waals surface area contributed by atoms with Crippen molar-refractivity contribution < 1.29 is 0 Å². The van der Waals surface area contributed by atoms with Gasteiger partial charge in [-0.05, 0) is 48.8 Å². The highest BCUT2D eigenvalue weighted by Gasteiger charge is 2.68. The van der Waals surface area contributed by atoms with Crippen LogP contribution in [0.1, 0.15) is 44.7 Å². The van der Waals surface area contributed by atoms with Crippen molar-refractivity contribution in [3.05, 3.63) is 35.4 Å². The van der Waals surface area contributed by atoms with Crippen LogP contribution in [-0.2, 0) is 5.41 Å². The number of nitrogens with one attached hydrogen (secondary N) is 1. The number of benzene rings is 1. The normalized spacial score (nSPS) is 33.4. The Morgan fingerprint density at radius 3 is 2.44 bits per heavy atom. The lowest BCUT2D eigenvalue weighted by molar-refractivity contribution is 0.505. The fourth-order valence-electron chi connectivity index (χ4n) is 3.82. The molecule has 2 fully saturated rings. The molecule has 2 saturated carbocycles. The van der Waals surface area contributed by atoms with E-state index in [9.17, 15) is 0 Å². The molecule has 1 N–H and O–H groups in total. The van der Waals surface area contributed by atoms with Gasteiger partial charge in [-0.1, -0.05) is 45.0 Å². The average Bonchev–Trinajstić information content (AvgIpc) is 3.19. The summed E-state index contributed by atoms with van der Waals surface area (Å²) in [6.45, 7) is 10.7. The zero-order valence-electron chi connectivity index (χ0n) is 12.1. The Hall–Kier alpha value is -0.820. The summed E-state index contributed by atoms with van der Waals surface area (Å²) in [5.74, 6) is 0.770. The summed E-state index contributed by atoms with van der Waals surface area (Å²) in [5.41, 5.74) is 3.76. The molecule has 98 valence electrons. The second-order valence-electron chi connectivity index (χ2n) is 6.97. The topological polar surface area (TPSA) is 12.0 Å². The highest BCUT2D eigenvalue weighted by Crippen LogP contribution is 2.69. The third-order valence-corrected chi connectivity index (χ3v) is 5.72. The maximum absolute atomic E-state index is 3.72. The Kier molecular flexibility index (Phi) is 2.60. The van der Waals surface area contributed by atoms with Gasteiger partial charge in [-0.2, -0.15) is 0 Å². The van der Waals surface area contributed by atoms with E-state index in [1.165, 1.54) is 24.9 Å². The van der Waals surface area contributed by atoms with Gasteiger partial charge in [0.1, 0.15) is 0 Å². The van der Waals surface area contributed by atoms with Crippen LogP contribution in [0.5, 0.6) is 0 Å². The molecule has 2 unspecified atom stereocenters. The van der Waals surface area contributed by atoms with Crippen molar-refractivity contribution in [2.24, 2.45) is 11.3 Å². The Morgan fingerprint density at radius 1 is 1.17 bits per heavy atom. The summed E-state index contributed by atoms with van der Waals surface area (Å²) in [6, 6.07) is 9.74. The van der Waals surface area contributed by atoms with Gasteiger partial charge in [0.05, 0.1) is 0 Å². The van der Waals surface area contributed by atoms with E-state index in [0.29, 0.717) is 10.8 Å². The molecule has 18 heavy (non-hydrogen) atoms. The zero-order valence-corrected chi connectivity index (χ0v) is 12.1. The fourth-order valence-corrected chi connectivity index (χ4v) is 3.82. The van der Waals surface area contributed by atoms with E-state index >= 15 is 0 Å². The van der Waals surface area contributed by atoms with Gasteiger partial charge in [-0.3, -0.25) is 0 Å². The molecule has 0 amide bonds. The van der Waals surface area contributed by atoms with E-state index < -0.39 is 0 Å². The van der Waals surface area contributed by atoms with Crippen molar-refractivity contribution in [2.45, 2.75) is 52.0 Å². The molecule has 1 nitrogen and oxygen atoms in total. The smallest absolute Gasteiger partial charge is 0.00683 e. The summed E-state index contributed by atoms with van der Waals surface area (Å²) in [5, 5.41) is 3.72. The first-order valence-electron chi connectivity index (χ1n) is 7.27. The number of aryl methyl sites for hydroxylation is 1. The maximum Gasteiger partial charge on any atom is 0.00683 e. The molecule has 2 aliphatic carbocycles. The van der Waals surface area contributed by atoms with Crippen LogP contribution in [0.25, 0.3) is 0 Å². The molecular weight excluding hydrogens is 218 g/mol. The maximum atomic E-state index is 3.72. The molecule has 0 saturated heterocycles. The van der Waals surface area contributed by atoms with Crippen molar-refractivity contribution in [3.8, 4) is 0 Å². The van der Waals surface area contributed by atoms with E-state index in [0.717, 1.165) is 12.0 Å². The largest absolute Gasteiger partial charge is 0.314 e. The number of hydrogen-bond acceptors (Lipinski definition) is 1. The molecule has 0 spiro atoms. The lowest BCUT2D eigenvalue weighted by Gasteiger charge is -2.18. The van der Waals surface area contributed by atoms with E-state index in [1.54, 1.807) is 5.56 Å². The summed E-state index contributed by atoms with van der Waals surface area (Å²) in [6.07, 6.45) is 2.77. The minimum Gasteiger partial charge on any atom is -0.314 e. The molecule has 0 bridgehead atoms. The van der Waals surface area contributed by atoms with Crippen LogP contribution in [0.3, 0.4) is 0 Å². The highest BCUT2D eigenvalue weighted by molar-refractivity contribution is 5.43. The first kappa shape index (κ1) is 12.2. The number of rotatable bonds is 4. The van der Waals surface area contributed by atoms with Crippen molar-refractivity contribution in [3.63, 3.8) is 0 Å². The van der Waals surface area contributed by atoms with Gasteiger partial charge >= 0.3 is 0 Å². The van der Waals surface area contributed by atoms with E-state index in [1.807, 2.05) is 0 Å². The van der Waals surface area contributed by atoms with Crippen LogP contribution in [0.2, 0.25) is 0 Å². The lowest BCUT2D eigenvalue weighted by Crippen LogP contribution is -2.22. The van der Waals surface area contributed by atoms with E-state index in [-0.39, 0.29) is 0 Å². The standard InChI is InChI=1S/C17H25N/c1-12-7-5-6-8-14(12)17(4)15(16(17,2)3)11-18-13-9-10-13/h5-8,13,15,18H,9-11H2,1-4H3. The van der Waals surface area contributed by atoms with Crippen molar-refractivity contribution in [1.82, 2.24) is 5.32 Å². The molecule has 0 heterocycles. The summed E-state index contributed by atoms with van der Waals surface area (Å²) in [7, 11) is 0. The SMILES string of the molecule is Cc1ccccc1C1(C)C(CNC2CC2)C1(C)C. The highest BCUT2D eigenvalue weighted by atomic mass is 15.0. The third-order valence-electron chi connectivity index (χ3n) is 5.72. The monoisotopic (exact) mass is 243 g/mol. The van der Waals surface area contributed by atoms with Gasteiger partial charge < -0.3 is 5.32 Å². The van der Waals surface area contributed by atoms with E-state index in [4.69, 9.17) is 0 Å². The third kappa shape index (κ3) is 1.64. The average molecular weight is 243 g/mol. The molecule has 1 heteroatoms. The summed E-state index contributed by atoms with van der Waals surface area (Å²) < 4.78 is 0. The summed E-state index contributed by atoms with van der Waals surface area (Å²) in [4.78, 5) is 0. The Bertz CT molecular complexity index is 458. The summed E-state index contributed by atoms with van der Waals surface area (Å²) >= 11 is 0. The van der Waals surface area contributed by atoms with E-state index in [2.05, 4.69) is 57.3 Å². The quantitative estimate of drug-likeness (QED) is 0.851. The van der Waals surface area contributed by atoms with Gasteiger partial charge in [-0.25, -0.2) is 0 Å². The predicted octanol–water partition coefficient (Wildman–Crippen LogP) is 3.66. The van der Waals surface area contributed by atoms with Crippen LogP contribution in [0.4, 0.5) is 0 Å². The van der Waals surface area contributed by atoms with Gasteiger partial charge in [0.2, 0.25) is 0 Å². The van der Waals surface area contributed by atoms with Gasteiger partial charge in [0.25, 0.3) is 0 Å². The minimum atomic E-state index is 0.347. The van der Waals surface area contributed by atoms with Crippen LogP contribution >= 0.6 is 0 Å². The van der Waals surface area contributed by atoms with Crippen molar-refractivity contribution >= 4 is 0 Å². The molecule has 1 aromatic rings. The van der Waals surface area contributed by atoms with Crippen LogP contribution in [0.15, 0.2) is 24.3 Å². The minimum absolute atomic E-state index is 0.347. The molecule has 2 atom stereocenters. The number of hydrogen-bond donors (Lipinski definition) is 1. The Morgan fingerprint density at radius 2 is 1.83 bits per heavy atom. The molecule has 1 aromatic carbocycles. The molecule has 0 aliphatic heterocycles. The Labute approximate surface area is 111 Å². The second kappa shape index (κ2) is 3.84. The van der Waals surface area contributed by atoms with Gasteiger partial charge in [-0.15, -0.1) is 0 Å². The zero-order chi connectivity index (χ0) is 13.0. The molecule has 0 aromatic heterocycles. The fraction of sp³-hybridized carbons (Fsp3) is 0.647. The Balaban J connectivity index is 1.83. The lowest BCUT2D eigenvalue weighted by atomic mass is 9.87.